The minimum absolute atomic E-state index is 0.0253. The van der Waals surface area contributed by atoms with Gasteiger partial charge in [0.2, 0.25) is 29.1 Å². The third-order valence-corrected chi connectivity index (χ3v) is 13.7. The van der Waals surface area contributed by atoms with E-state index in [-0.39, 0.29) is 76.6 Å². The van der Waals surface area contributed by atoms with E-state index in [1.54, 1.807) is 19.2 Å². The molecule has 6 aromatic rings. The standard InChI is InChI=1S/C29H31N3O4.C28H32N4O5/c1-19(2)31-18-23(25(20-11-5-3-6-12-20)21-13-7-4-8-14-21)32-26(28(31)34)27(24(33)17-30-32)36-29(35)22-15-9-10-16-22;1-18(2)31-16-21(23(19-11-7-5-8-12-19)20-13-9-6-10-14-20)32-24(26(31)34)25(22(33)15-30-32)36-17-37-27(35)28(3,4)29/h3-8,11-14,17,19,22-23,25H,9-10,15-16,18H2,1-2H3;5-15,18,21,23H,16-17,29H2,1-4H3. The van der Waals surface area contributed by atoms with Crippen molar-refractivity contribution in [1.82, 2.24) is 29.4 Å². The van der Waals surface area contributed by atoms with E-state index in [1.807, 2.05) is 125 Å². The second kappa shape index (κ2) is 22.4. The first-order valence-electron chi connectivity index (χ1n) is 24.9. The first-order valence-corrected chi connectivity index (χ1v) is 24.9. The van der Waals surface area contributed by atoms with Gasteiger partial charge in [-0.15, -0.1) is 0 Å². The van der Waals surface area contributed by atoms with Crippen molar-refractivity contribution >= 4 is 23.8 Å². The van der Waals surface area contributed by atoms with Crippen molar-refractivity contribution < 1.29 is 33.4 Å². The zero-order valence-corrected chi connectivity index (χ0v) is 42.1. The van der Waals surface area contributed by atoms with Crippen LogP contribution in [0.15, 0.2) is 143 Å². The van der Waals surface area contributed by atoms with E-state index in [1.165, 1.54) is 20.0 Å². The predicted octanol–water partition coefficient (Wildman–Crippen LogP) is 7.67. The van der Waals surface area contributed by atoms with Crippen molar-refractivity contribution in [2.45, 2.75) is 109 Å². The van der Waals surface area contributed by atoms with E-state index >= 15 is 0 Å². The fourth-order valence-corrected chi connectivity index (χ4v) is 10.0. The van der Waals surface area contributed by atoms with E-state index in [9.17, 15) is 28.8 Å². The fourth-order valence-electron chi connectivity index (χ4n) is 10.0. The topological polar surface area (TPSA) is 198 Å². The second-order valence-electron chi connectivity index (χ2n) is 19.9. The van der Waals surface area contributed by atoms with E-state index in [2.05, 4.69) is 34.5 Å². The molecule has 1 saturated carbocycles. The number of rotatable bonds is 14. The lowest BCUT2D eigenvalue weighted by molar-refractivity contribution is -0.155. The highest BCUT2D eigenvalue weighted by atomic mass is 16.7. The Balaban J connectivity index is 0.000000195. The number of nitrogens with zero attached hydrogens (tertiary/aromatic N) is 6. The second-order valence-corrected chi connectivity index (χ2v) is 19.9. The summed E-state index contributed by atoms with van der Waals surface area (Å²) in [5.41, 5.74) is 7.71. The lowest BCUT2D eigenvalue weighted by Crippen LogP contribution is -2.50. The van der Waals surface area contributed by atoms with Gasteiger partial charge in [-0.3, -0.25) is 33.3 Å². The normalized spacial score (nSPS) is 16.8. The molecule has 1 aliphatic carbocycles. The Morgan fingerprint density at radius 1 is 0.603 bits per heavy atom. The maximum atomic E-state index is 13.7. The smallest absolute Gasteiger partial charge is 0.328 e. The van der Waals surface area contributed by atoms with Crippen LogP contribution in [0.25, 0.3) is 0 Å². The Labute approximate surface area is 424 Å². The highest BCUT2D eigenvalue weighted by Crippen LogP contribution is 2.42. The molecule has 4 aromatic carbocycles. The van der Waals surface area contributed by atoms with Gasteiger partial charge in [-0.2, -0.15) is 10.2 Å². The average Bonchev–Trinajstić information content (AvgIpc) is 3.94. The molecule has 73 heavy (non-hydrogen) atoms. The fraction of sp³-hybridized carbons (Fsp3) is 0.368. The Morgan fingerprint density at radius 3 is 1.34 bits per heavy atom. The van der Waals surface area contributed by atoms with Crippen molar-refractivity contribution in [1.29, 1.82) is 0 Å². The van der Waals surface area contributed by atoms with Crippen LogP contribution in [0.1, 0.15) is 134 Å². The monoisotopic (exact) mass is 989 g/mol. The molecule has 4 heterocycles. The molecular weight excluding hydrogens is 927 g/mol. The number of amides is 2. The van der Waals surface area contributed by atoms with Crippen molar-refractivity contribution in [3.63, 3.8) is 0 Å². The number of benzene rings is 4. The number of esters is 2. The summed E-state index contributed by atoms with van der Waals surface area (Å²) in [4.78, 5) is 81.6. The lowest BCUT2D eigenvalue weighted by Gasteiger charge is -2.41. The summed E-state index contributed by atoms with van der Waals surface area (Å²) in [6.07, 6.45) is 5.71. The van der Waals surface area contributed by atoms with Crippen LogP contribution in [-0.4, -0.2) is 90.6 Å². The molecule has 2 N–H and O–H groups in total. The number of hydrogen-bond acceptors (Lipinski definition) is 12. The number of fused-ring (bicyclic) bond motifs is 2. The van der Waals surface area contributed by atoms with Crippen LogP contribution in [0.3, 0.4) is 0 Å². The van der Waals surface area contributed by atoms with Crippen molar-refractivity contribution in [3.8, 4) is 11.5 Å². The zero-order valence-electron chi connectivity index (χ0n) is 42.1. The summed E-state index contributed by atoms with van der Waals surface area (Å²) in [7, 11) is 0. The highest BCUT2D eigenvalue weighted by Gasteiger charge is 2.43. The van der Waals surface area contributed by atoms with E-state index in [0.29, 0.717) is 13.1 Å². The van der Waals surface area contributed by atoms with Gasteiger partial charge in [0, 0.05) is 37.0 Å². The van der Waals surface area contributed by atoms with E-state index in [0.717, 1.165) is 54.1 Å². The first kappa shape index (κ1) is 51.6. The molecule has 16 nitrogen and oxygen atoms in total. The summed E-state index contributed by atoms with van der Waals surface area (Å²) in [5, 5.41) is 8.86. The number of carbonyl (C=O) groups is 4. The van der Waals surface area contributed by atoms with Crippen LogP contribution in [-0.2, 0) is 14.3 Å². The summed E-state index contributed by atoms with van der Waals surface area (Å²) >= 11 is 0. The molecule has 0 saturated heterocycles. The molecule has 380 valence electrons. The van der Waals surface area contributed by atoms with Crippen LogP contribution >= 0.6 is 0 Å². The van der Waals surface area contributed by atoms with Gasteiger partial charge in [0.25, 0.3) is 11.8 Å². The van der Waals surface area contributed by atoms with Gasteiger partial charge in [0.15, 0.2) is 11.4 Å². The summed E-state index contributed by atoms with van der Waals surface area (Å²) in [6, 6.07) is 39.2. The Morgan fingerprint density at radius 2 is 0.973 bits per heavy atom. The molecule has 2 aromatic heterocycles. The summed E-state index contributed by atoms with van der Waals surface area (Å²) in [6.45, 7) is 11.0. The molecule has 0 radical (unpaired) electrons. The van der Waals surface area contributed by atoms with Gasteiger partial charge in [0.05, 0.1) is 30.4 Å². The lowest BCUT2D eigenvalue weighted by atomic mass is 9.83. The first-order chi connectivity index (χ1) is 35.0. The van der Waals surface area contributed by atoms with Gasteiger partial charge in [0.1, 0.15) is 5.54 Å². The van der Waals surface area contributed by atoms with Gasteiger partial charge < -0.3 is 29.7 Å². The molecule has 0 bridgehead atoms. The highest BCUT2D eigenvalue weighted by molar-refractivity contribution is 5.97. The SMILES string of the molecule is CC(C)N1CC(C(c2ccccc2)c2ccccc2)n2ncc(=O)c(OC(=O)C3CCCC3)c2C1=O.CC(C)N1CC(C(c2ccccc2)c2ccccc2)n2ncc(=O)c(OCOC(=O)C(C)(C)N)c2C1=O. The van der Waals surface area contributed by atoms with Crippen molar-refractivity contribution in [3.05, 3.63) is 188 Å². The predicted molar refractivity (Wildman–Crippen MR) is 274 cm³/mol. The number of ether oxygens (including phenoxy) is 3. The number of aromatic nitrogens is 4. The Kier molecular flexibility index (Phi) is 15.8. The molecule has 3 aliphatic rings. The van der Waals surface area contributed by atoms with Crippen molar-refractivity contribution in [2.24, 2.45) is 11.7 Å². The molecule has 1 fully saturated rings. The zero-order chi connectivity index (χ0) is 52.0. The number of carbonyl (C=O) groups excluding carboxylic acids is 4. The Bertz CT molecular complexity index is 2950. The van der Waals surface area contributed by atoms with Crippen LogP contribution in [0.2, 0.25) is 0 Å². The van der Waals surface area contributed by atoms with E-state index < -0.39 is 35.1 Å². The Hall–Kier alpha value is -7.72. The summed E-state index contributed by atoms with van der Waals surface area (Å²) < 4.78 is 19.6. The van der Waals surface area contributed by atoms with Gasteiger partial charge in [-0.1, -0.05) is 134 Å². The third kappa shape index (κ3) is 11.2. The van der Waals surface area contributed by atoms with Crippen LogP contribution < -0.4 is 26.1 Å². The van der Waals surface area contributed by atoms with Gasteiger partial charge >= 0.3 is 11.9 Å². The van der Waals surface area contributed by atoms with Gasteiger partial charge in [-0.05, 0) is 76.6 Å². The van der Waals surface area contributed by atoms with Crippen LogP contribution in [0, 0.1) is 5.92 Å². The average molecular weight is 990 g/mol. The minimum atomic E-state index is -1.23. The maximum Gasteiger partial charge on any atom is 0.328 e. The number of nitrogens with two attached hydrogens (primary N) is 1. The molecule has 2 unspecified atom stereocenters. The van der Waals surface area contributed by atoms with Crippen molar-refractivity contribution in [2.75, 3.05) is 19.9 Å². The minimum Gasteiger partial charge on any atom is -0.451 e. The van der Waals surface area contributed by atoms with Gasteiger partial charge in [-0.25, -0.2) is 4.79 Å². The maximum absolute atomic E-state index is 13.7. The molecule has 2 aliphatic heterocycles. The molecule has 16 heteroatoms. The third-order valence-electron chi connectivity index (χ3n) is 13.7. The molecule has 9 rings (SSSR count). The molecular formula is C57H63N7O9. The molecule has 0 spiro atoms. The largest absolute Gasteiger partial charge is 0.451 e. The van der Waals surface area contributed by atoms with E-state index in [4.69, 9.17) is 19.9 Å². The summed E-state index contributed by atoms with van der Waals surface area (Å²) in [5.74, 6) is -2.83. The van der Waals surface area contributed by atoms with Crippen LogP contribution in [0.5, 0.6) is 11.5 Å². The quantitative estimate of drug-likeness (QED) is 0.0827. The number of hydrogen-bond donors (Lipinski definition) is 1. The molecule has 2 amide bonds. The van der Waals surface area contributed by atoms with Crippen LogP contribution in [0.4, 0.5) is 0 Å². The molecule has 2 atom stereocenters.